The molecule has 2 heteroatoms. The number of nitrogens with one attached hydrogen (secondary N) is 1. The predicted molar refractivity (Wildman–Crippen MR) is 77.7 cm³/mol. The normalized spacial score (nSPS) is 12.3. The molecule has 0 fully saturated rings. The Balaban J connectivity index is 2.01. The van der Waals surface area contributed by atoms with Crippen LogP contribution in [0.25, 0.3) is 0 Å². The monoisotopic (exact) mass is 257 g/mol. The van der Waals surface area contributed by atoms with E-state index in [1.54, 1.807) is 0 Å². The number of hydrogen-bond acceptors (Lipinski definition) is 1. The van der Waals surface area contributed by atoms with E-state index in [2.05, 4.69) is 29.6 Å². The van der Waals surface area contributed by atoms with Crippen molar-refractivity contribution in [3.63, 3.8) is 0 Å². The zero-order chi connectivity index (χ0) is 13.5. The molecule has 1 N–H and O–H groups in total. The molecule has 2 rings (SSSR count). The average molecular weight is 257 g/mol. The summed E-state index contributed by atoms with van der Waals surface area (Å²) >= 11 is 0. The minimum absolute atomic E-state index is 0.169. The van der Waals surface area contributed by atoms with Crippen molar-refractivity contribution in [3.8, 4) is 0 Å². The molecule has 19 heavy (non-hydrogen) atoms. The molecular weight excluding hydrogens is 237 g/mol. The molecule has 0 spiro atoms. The third-order valence-corrected chi connectivity index (χ3v) is 3.30. The third-order valence-electron chi connectivity index (χ3n) is 3.30. The standard InChI is InChI=1S/C17H20FN/c1-19-13-16(11-14-5-3-2-4-6-14)12-15-7-9-17(18)10-8-15/h2-10,16,19H,11-13H2,1H3. The highest BCUT2D eigenvalue weighted by Crippen LogP contribution is 2.15. The van der Waals surface area contributed by atoms with E-state index in [1.807, 2.05) is 25.2 Å². The molecule has 2 aromatic rings. The van der Waals surface area contributed by atoms with Crippen molar-refractivity contribution in [2.24, 2.45) is 5.92 Å². The molecular formula is C17H20FN. The van der Waals surface area contributed by atoms with Gasteiger partial charge in [-0.2, -0.15) is 0 Å². The average Bonchev–Trinajstić information content (AvgIpc) is 2.43. The molecule has 1 atom stereocenters. The number of hydrogen-bond donors (Lipinski definition) is 1. The van der Waals surface area contributed by atoms with E-state index in [9.17, 15) is 4.39 Å². The van der Waals surface area contributed by atoms with Gasteiger partial charge in [-0.05, 0) is 55.6 Å². The van der Waals surface area contributed by atoms with Crippen LogP contribution in [0.4, 0.5) is 4.39 Å². The van der Waals surface area contributed by atoms with E-state index in [-0.39, 0.29) is 5.82 Å². The zero-order valence-corrected chi connectivity index (χ0v) is 11.3. The van der Waals surface area contributed by atoms with Crippen LogP contribution in [0.1, 0.15) is 11.1 Å². The van der Waals surface area contributed by atoms with Crippen molar-refractivity contribution in [3.05, 3.63) is 71.5 Å². The van der Waals surface area contributed by atoms with Crippen LogP contribution in [-0.2, 0) is 12.8 Å². The molecule has 0 radical (unpaired) electrons. The van der Waals surface area contributed by atoms with Gasteiger partial charge in [-0.1, -0.05) is 42.5 Å². The molecule has 0 aliphatic rings. The van der Waals surface area contributed by atoms with Gasteiger partial charge in [0.15, 0.2) is 0 Å². The van der Waals surface area contributed by atoms with Gasteiger partial charge in [-0.3, -0.25) is 0 Å². The molecule has 0 aliphatic carbocycles. The summed E-state index contributed by atoms with van der Waals surface area (Å²) in [6.07, 6.45) is 2.01. The minimum atomic E-state index is -0.169. The second-order valence-electron chi connectivity index (χ2n) is 4.94. The van der Waals surface area contributed by atoms with Crippen molar-refractivity contribution in [1.82, 2.24) is 5.32 Å². The van der Waals surface area contributed by atoms with Gasteiger partial charge in [-0.15, -0.1) is 0 Å². The fraction of sp³-hybridized carbons (Fsp3) is 0.294. The molecule has 100 valence electrons. The summed E-state index contributed by atoms with van der Waals surface area (Å²) in [6, 6.07) is 17.3. The molecule has 0 heterocycles. The zero-order valence-electron chi connectivity index (χ0n) is 11.3. The number of halogens is 1. The van der Waals surface area contributed by atoms with Crippen molar-refractivity contribution < 1.29 is 4.39 Å². The van der Waals surface area contributed by atoms with Crippen LogP contribution in [0.3, 0.4) is 0 Å². The fourth-order valence-corrected chi connectivity index (χ4v) is 2.41. The fourth-order valence-electron chi connectivity index (χ4n) is 2.41. The Morgan fingerprint density at radius 3 is 2.05 bits per heavy atom. The first-order valence-corrected chi connectivity index (χ1v) is 6.71. The van der Waals surface area contributed by atoms with Crippen molar-refractivity contribution in [2.45, 2.75) is 12.8 Å². The Kier molecular flexibility index (Phi) is 5.10. The predicted octanol–water partition coefficient (Wildman–Crippen LogP) is 3.45. The quantitative estimate of drug-likeness (QED) is 0.836. The molecule has 0 aliphatic heterocycles. The Hall–Kier alpha value is -1.67. The lowest BCUT2D eigenvalue weighted by atomic mass is 9.92. The van der Waals surface area contributed by atoms with Crippen molar-refractivity contribution in [2.75, 3.05) is 13.6 Å². The van der Waals surface area contributed by atoms with Gasteiger partial charge in [0.25, 0.3) is 0 Å². The van der Waals surface area contributed by atoms with Gasteiger partial charge in [-0.25, -0.2) is 4.39 Å². The van der Waals surface area contributed by atoms with Crippen LogP contribution in [0.2, 0.25) is 0 Å². The number of benzene rings is 2. The lowest BCUT2D eigenvalue weighted by molar-refractivity contribution is 0.493. The maximum Gasteiger partial charge on any atom is 0.123 e. The molecule has 0 amide bonds. The maximum atomic E-state index is 12.9. The topological polar surface area (TPSA) is 12.0 Å². The van der Waals surface area contributed by atoms with Crippen molar-refractivity contribution >= 4 is 0 Å². The van der Waals surface area contributed by atoms with Crippen LogP contribution in [0.5, 0.6) is 0 Å². The molecule has 0 bridgehead atoms. The summed E-state index contributed by atoms with van der Waals surface area (Å²) in [7, 11) is 1.97. The first-order chi connectivity index (χ1) is 9.28. The highest BCUT2D eigenvalue weighted by atomic mass is 19.1. The Morgan fingerprint density at radius 2 is 1.47 bits per heavy atom. The summed E-state index contributed by atoms with van der Waals surface area (Å²) in [5.41, 5.74) is 2.54. The van der Waals surface area contributed by atoms with Crippen LogP contribution in [-0.4, -0.2) is 13.6 Å². The Labute approximate surface area is 114 Å². The van der Waals surface area contributed by atoms with Gasteiger partial charge >= 0.3 is 0 Å². The largest absolute Gasteiger partial charge is 0.319 e. The number of rotatable bonds is 6. The maximum absolute atomic E-state index is 12.9. The summed E-state index contributed by atoms with van der Waals surface area (Å²) in [4.78, 5) is 0. The van der Waals surface area contributed by atoms with Crippen LogP contribution in [0.15, 0.2) is 54.6 Å². The Morgan fingerprint density at radius 1 is 0.895 bits per heavy atom. The summed E-state index contributed by atoms with van der Waals surface area (Å²) in [6.45, 7) is 0.965. The third kappa shape index (κ3) is 4.49. The van der Waals surface area contributed by atoms with Gasteiger partial charge in [0.2, 0.25) is 0 Å². The molecule has 1 nitrogen and oxygen atoms in total. The first-order valence-electron chi connectivity index (χ1n) is 6.71. The van der Waals surface area contributed by atoms with Crippen LogP contribution >= 0.6 is 0 Å². The lowest BCUT2D eigenvalue weighted by Gasteiger charge is -2.17. The summed E-state index contributed by atoms with van der Waals surface area (Å²) < 4.78 is 12.9. The molecule has 2 aromatic carbocycles. The molecule has 0 saturated carbocycles. The van der Waals surface area contributed by atoms with Crippen LogP contribution < -0.4 is 5.32 Å². The molecule has 0 saturated heterocycles. The smallest absolute Gasteiger partial charge is 0.123 e. The summed E-state index contributed by atoms with van der Waals surface area (Å²) in [5.74, 6) is 0.356. The van der Waals surface area contributed by atoms with Gasteiger partial charge in [0.1, 0.15) is 5.82 Å². The van der Waals surface area contributed by atoms with E-state index in [4.69, 9.17) is 0 Å². The van der Waals surface area contributed by atoms with E-state index in [0.29, 0.717) is 5.92 Å². The lowest BCUT2D eigenvalue weighted by Crippen LogP contribution is -2.22. The Bertz CT molecular complexity index is 478. The highest BCUT2D eigenvalue weighted by Gasteiger charge is 2.10. The second-order valence-corrected chi connectivity index (χ2v) is 4.94. The first kappa shape index (κ1) is 13.8. The minimum Gasteiger partial charge on any atom is -0.319 e. The van der Waals surface area contributed by atoms with E-state index >= 15 is 0 Å². The van der Waals surface area contributed by atoms with Gasteiger partial charge in [0, 0.05) is 0 Å². The van der Waals surface area contributed by atoms with Gasteiger partial charge < -0.3 is 5.32 Å². The highest BCUT2D eigenvalue weighted by molar-refractivity contribution is 5.19. The van der Waals surface area contributed by atoms with E-state index < -0.39 is 0 Å². The second kappa shape index (κ2) is 7.05. The molecule has 0 aromatic heterocycles. The van der Waals surface area contributed by atoms with E-state index in [0.717, 1.165) is 19.4 Å². The van der Waals surface area contributed by atoms with Crippen LogP contribution in [0, 0.1) is 11.7 Å². The SMILES string of the molecule is CNCC(Cc1ccccc1)Cc1ccc(F)cc1. The van der Waals surface area contributed by atoms with Crippen molar-refractivity contribution in [1.29, 1.82) is 0 Å². The summed E-state index contributed by atoms with van der Waals surface area (Å²) in [5, 5.41) is 3.25. The van der Waals surface area contributed by atoms with E-state index in [1.165, 1.54) is 23.3 Å². The molecule has 1 unspecified atom stereocenters. The van der Waals surface area contributed by atoms with Gasteiger partial charge in [0.05, 0.1) is 0 Å².